The van der Waals surface area contributed by atoms with Gasteiger partial charge in [0.2, 0.25) is 0 Å². The van der Waals surface area contributed by atoms with Crippen LogP contribution in [0, 0.1) is 0 Å². The van der Waals surface area contributed by atoms with Gasteiger partial charge in [0, 0.05) is 12.6 Å². The van der Waals surface area contributed by atoms with Crippen LogP contribution in [0.15, 0.2) is 42.5 Å². The summed E-state index contributed by atoms with van der Waals surface area (Å²) in [5, 5.41) is 7.87. The molecule has 2 N–H and O–H groups in total. The summed E-state index contributed by atoms with van der Waals surface area (Å²) in [7, 11) is 0. The van der Waals surface area contributed by atoms with Gasteiger partial charge >= 0.3 is 12.0 Å². The normalized spacial score (nSPS) is 19.3. The Balaban J connectivity index is 1.40. The average molecular weight is 370 g/mol. The molecule has 1 saturated carbocycles. The van der Waals surface area contributed by atoms with Crippen molar-refractivity contribution in [3.05, 3.63) is 42.5 Å². The molecule has 1 aliphatic rings. The fourth-order valence-corrected chi connectivity index (χ4v) is 3.34. The van der Waals surface area contributed by atoms with E-state index >= 15 is 0 Å². The molecule has 1 fully saturated rings. The van der Waals surface area contributed by atoms with E-state index in [1.165, 1.54) is 0 Å². The second-order valence-corrected chi connectivity index (χ2v) is 6.76. The lowest BCUT2D eigenvalue weighted by Gasteiger charge is -2.28. The first-order valence-corrected chi connectivity index (χ1v) is 9.49. The molecule has 6 heteroatoms. The summed E-state index contributed by atoms with van der Waals surface area (Å²) in [5.74, 6) is 0.295. The van der Waals surface area contributed by atoms with E-state index in [0.29, 0.717) is 12.3 Å². The third-order valence-electron chi connectivity index (χ3n) is 4.72. The molecule has 0 spiro atoms. The fraction of sp³-hybridized carbons (Fsp3) is 0.429. The van der Waals surface area contributed by atoms with E-state index in [1.54, 1.807) is 0 Å². The molecule has 27 heavy (non-hydrogen) atoms. The standard InChI is InChI=1S/C21H26N2O4/c1-2-22-21(25)23-17-8-11-18(12-9-17)27-20(24)14-26-19-10-7-15-5-3-4-6-16(15)13-19/h3-7,10,13,17-18H,2,8-9,11-12,14H2,1H3,(H2,22,23,25). The maximum Gasteiger partial charge on any atom is 0.344 e. The monoisotopic (exact) mass is 370 g/mol. The Morgan fingerprint density at radius 1 is 1.04 bits per heavy atom. The van der Waals surface area contributed by atoms with Crippen LogP contribution >= 0.6 is 0 Å². The molecular weight excluding hydrogens is 344 g/mol. The van der Waals surface area contributed by atoms with Crippen LogP contribution < -0.4 is 15.4 Å². The predicted molar refractivity (Wildman–Crippen MR) is 104 cm³/mol. The highest BCUT2D eigenvalue weighted by Gasteiger charge is 2.25. The molecule has 0 heterocycles. The summed E-state index contributed by atoms with van der Waals surface area (Å²) >= 11 is 0. The van der Waals surface area contributed by atoms with Gasteiger partial charge in [-0.2, -0.15) is 0 Å². The van der Waals surface area contributed by atoms with Gasteiger partial charge in [0.05, 0.1) is 0 Å². The van der Waals surface area contributed by atoms with Crippen molar-refractivity contribution in [2.75, 3.05) is 13.2 Å². The molecular formula is C21H26N2O4. The number of nitrogens with one attached hydrogen (secondary N) is 2. The minimum Gasteiger partial charge on any atom is -0.482 e. The first kappa shape index (κ1) is 19.0. The summed E-state index contributed by atoms with van der Waals surface area (Å²) in [5.41, 5.74) is 0. The summed E-state index contributed by atoms with van der Waals surface area (Å²) in [4.78, 5) is 23.6. The maximum atomic E-state index is 12.1. The molecule has 1 aliphatic carbocycles. The van der Waals surface area contributed by atoms with Gasteiger partial charge in [-0.05, 0) is 55.5 Å². The van der Waals surface area contributed by atoms with Crippen LogP contribution in [-0.4, -0.2) is 37.3 Å². The SMILES string of the molecule is CCNC(=O)NC1CCC(OC(=O)COc2ccc3ccccc3c2)CC1. The lowest BCUT2D eigenvalue weighted by atomic mass is 9.93. The molecule has 2 aromatic rings. The van der Waals surface area contributed by atoms with Gasteiger partial charge in [0.15, 0.2) is 6.61 Å². The summed E-state index contributed by atoms with van der Waals surface area (Å²) in [6.07, 6.45) is 3.00. The van der Waals surface area contributed by atoms with Gasteiger partial charge in [-0.3, -0.25) is 0 Å². The lowest BCUT2D eigenvalue weighted by Crippen LogP contribution is -2.44. The fourth-order valence-electron chi connectivity index (χ4n) is 3.34. The lowest BCUT2D eigenvalue weighted by molar-refractivity contribution is -0.153. The minimum absolute atomic E-state index is 0.102. The molecule has 144 valence electrons. The predicted octanol–water partition coefficient (Wildman–Crippen LogP) is 3.39. The number of carbonyl (C=O) groups is 2. The van der Waals surface area contributed by atoms with E-state index in [0.717, 1.165) is 36.5 Å². The van der Waals surface area contributed by atoms with E-state index in [2.05, 4.69) is 10.6 Å². The van der Waals surface area contributed by atoms with E-state index < -0.39 is 0 Å². The molecule has 2 amide bonds. The van der Waals surface area contributed by atoms with E-state index in [-0.39, 0.29) is 30.8 Å². The Bertz CT molecular complexity index is 785. The van der Waals surface area contributed by atoms with Crippen molar-refractivity contribution in [3.8, 4) is 5.75 Å². The number of benzene rings is 2. The van der Waals surface area contributed by atoms with E-state index in [4.69, 9.17) is 9.47 Å². The van der Waals surface area contributed by atoms with Crippen molar-refractivity contribution < 1.29 is 19.1 Å². The smallest absolute Gasteiger partial charge is 0.344 e. The first-order chi connectivity index (χ1) is 13.1. The number of ether oxygens (including phenoxy) is 2. The molecule has 0 aromatic heterocycles. The van der Waals surface area contributed by atoms with Crippen molar-refractivity contribution in [2.24, 2.45) is 0 Å². The molecule has 3 rings (SSSR count). The molecule has 2 aromatic carbocycles. The number of carbonyl (C=O) groups excluding carboxylic acids is 2. The topological polar surface area (TPSA) is 76.7 Å². The zero-order valence-electron chi connectivity index (χ0n) is 15.6. The quantitative estimate of drug-likeness (QED) is 0.764. The molecule has 0 aliphatic heterocycles. The van der Waals surface area contributed by atoms with Crippen LogP contribution in [-0.2, 0) is 9.53 Å². The Morgan fingerprint density at radius 3 is 2.52 bits per heavy atom. The Hall–Kier alpha value is -2.76. The Morgan fingerprint density at radius 2 is 1.78 bits per heavy atom. The highest BCUT2D eigenvalue weighted by atomic mass is 16.6. The van der Waals surface area contributed by atoms with Gasteiger partial charge in [0.25, 0.3) is 0 Å². The third-order valence-corrected chi connectivity index (χ3v) is 4.72. The molecule has 0 bridgehead atoms. The number of fused-ring (bicyclic) bond motifs is 1. The number of amides is 2. The summed E-state index contributed by atoms with van der Waals surface area (Å²) < 4.78 is 11.1. The Kier molecular flexibility index (Phi) is 6.52. The number of hydrogen-bond acceptors (Lipinski definition) is 4. The van der Waals surface area contributed by atoms with Crippen molar-refractivity contribution in [1.29, 1.82) is 0 Å². The highest BCUT2D eigenvalue weighted by molar-refractivity contribution is 5.83. The highest BCUT2D eigenvalue weighted by Crippen LogP contribution is 2.22. The minimum atomic E-state index is -0.358. The number of urea groups is 1. The van der Waals surface area contributed by atoms with E-state index in [1.807, 2.05) is 49.4 Å². The van der Waals surface area contributed by atoms with Crippen LogP contribution in [0.1, 0.15) is 32.6 Å². The molecule has 0 saturated heterocycles. The number of hydrogen-bond donors (Lipinski definition) is 2. The first-order valence-electron chi connectivity index (χ1n) is 9.49. The second kappa shape index (κ2) is 9.26. The average Bonchev–Trinajstić information content (AvgIpc) is 2.68. The zero-order valence-corrected chi connectivity index (χ0v) is 15.6. The molecule has 0 radical (unpaired) electrons. The second-order valence-electron chi connectivity index (χ2n) is 6.76. The van der Waals surface area contributed by atoms with Gasteiger partial charge < -0.3 is 20.1 Å². The third kappa shape index (κ3) is 5.61. The summed E-state index contributed by atoms with van der Waals surface area (Å²) in [6, 6.07) is 13.7. The van der Waals surface area contributed by atoms with Gasteiger partial charge in [-0.25, -0.2) is 9.59 Å². The molecule has 0 unspecified atom stereocenters. The number of rotatable bonds is 6. The number of esters is 1. The molecule has 6 nitrogen and oxygen atoms in total. The summed E-state index contributed by atoms with van der Waals surface area (Å²) in [6.45, 7) is 2.39. The largest absolute Gasteiger partial charge is 0.482 e. The maximum absolute atomic E-state index is 12.1. The van der Waals surface area contributed by atoms with Crippen LogP contribution in [0.5, 0.6) is 5.75 Å². The Labute approximate surface area is 159 Å². The molecule has 0 atom stereocenters. The van der Waals surface area contributed by atoms with Crippen LogP contribution in [0.25, 0.3) is 10.8 Å². The van der Waals surface area contributed by atoms with Gasteiger partial charge in [-0.15, -0.1) is 0 Å². The zero-order chi connectivity index (χ0) is 19.1. The van der Waals surface area contributed by atoms with Crippen LogP contribution in [0.3, 0.4) is 0 Å². The van der Waals surface area contributed by atoms with Crippen LogP contribution in [0.2, 0.25) is 0 Å². The van der Waals surface area contributed by atoms with E-state index in [9.17, 15) is 9.59 Å². The van der Waals surface area contributed by atoms with Crippen molar-refractivity contribution in [2.45, 2.75) is 44.8 Å². The van der Waals surface area contributed by atoms with Crippen molar-refractivity contribution >= 4 is 22.8 Å². The van der Waals surface area contributed by atoms with Crippen LogP contribution in [0.4, 0.5) is 4.79 Å². The van der Waals surface area contributed by atoms with Crippen molar-refractivity contribution in [3.63, 3.8) is 0 Å². The van der Waals surface area contributed by atoms with Crippen molar-refractivity contribution in [1.82, 2.24) is 10.6 Å². The van der Waals surface area contributed by atoms with Gasteiger partial charge in [0.1, 0.15) is 11.9 Å². The van der Waals surface area contributed by atoms with Gasteiger partial charge in [-0.1, -0.05) is 30.3 Å².